The Labute approximate surface area is 484 Å². The number of fused-ring (bicyclic) bond motifs is 3. The predicted octanol–water partition coefficient (Wildman–Crippen LogP) is 9.73. The van der Waals surface area contributed by atoms with Gasteiger partial charge in [0.05, 0.1) is 37.1 Å². The van der Waals surface area contributed by atoms with Gasteiger partial charge in [0.1, 0.15) is 24.0 Å². The molecule has 0 aromatic rings. The van der Waals surface area contributed by atoms with Crippen molar-refractivity contribution in [2.24, 2.45) is 29.6 Å². The standard InChI is InChI=1S/C60H100N2O17Si2/c1-36-29-37(2)31-48(72-13)53-49(73-14)33-39(4)60(70,76-53)54(66)55(67)61-27-20-19-21-43(61)56(68)75-52(38(3)32-41-22-23-45(47(34-41)71-12)78-80(15,16)58(6,7)8)40(5)46(79-81(17,18)59(9,10)11)35-44(63)42(30-36)26-28-74-57(69)77-62-50(64)24-25-51(62)65/h30,32,37,39-43,45-49,52-53,70H,19-29,31,33-35H2,1-18H3/b36-30+,38-32+/t37-,39+,40+,41-,42+,43?,45+,46-,47+,48-,49-,52+,53+,60+/m0/s1. The molecule has 3 amide bonds. The van der Waals surface area contributed by atoms with E-state index in [0.29, 0.717) is 42.7 Å². The van der Waals surface area contributed by atoms with Gasteiger partial charge in [0.15, 0.2) is 16.6 Å². The number of hydroxylamine groups is 2. The van der Waals surface area contributed by atoms with Gasteiger partial charge in [-0.25, -0.2) is 9.59 Å². The van der Waals surface area contributed by atoms with Crippen LogP contribution >= 0.6 is 0 Å². The maximum absolute atomic E-state index is 15.3. The van der Waals surface area contributed by atoms with Crippen LogP contribution in [0.2, 0.25) is 36.3 Å². The number of rotatable bonds is 13. The topological polar surface area (TPSA) is 229 Å². The number of carbonyl (C=O) groups is 7. The molecule has 81 heavy (non-hydrogen) atoms. The SMILES string of the molecule is CO[C@H]1C[C@@H](C)C/C(C)=C/[C@@H](CCOC(=O)ON2C(=O)CCC2=O)C(=O)C[C@H](O[Si](C)(C)C(C)(C)C)[C@@H](C)[C@@H](/C(C)=C/[C@@H]2CC[C@@H](O[Si](C)(C)C(C)(C)C)[C@H](OC)C2)OC(=O)C2CCCCN2C(=O)C(=O)[C@]2(O)O[C@H]1[C@@H](OC)C[C@H]2C. The zero-order valence-corrected chi connectivity index (χ0v) is 54.1. The summed E-state index contributed by atoms with van der Waals surface area (Å²) in [5.41, 5.74) is 1.54. The molecule has 4 fully saturated rings. The monoisotopic (exact) mass is 1180 g/mol. The van der Waals surface area contributed by atoms with E-state index in [9.17, 15) is 29.1 Å². The number of carbonyl (C=O) groups excluding carboxylic acids is 7. The minimum Gasteiger partial charge on any atom is -0.456 e. The summed E-state index contributed by atoms with van der Waals surface area (Å²) in [6.07, 6.45) is 2.30. The lowest BCUT2D eigenvalue weighted by Gasteiger charge is -2.47. The Hall–Kier alpha value is -3.68. The van der Waals surface area contributed by atoms with Crippen LogP contribution in [0, 0.1) is 29.6 Å². The number of cyclic esters (lactones) is 1. The zero-order chi connectivity index (χ0) is 60.7. The third-order valence-corrected chi connectivity index (χ3v) is 27.7. The first-order valence-electron chi connectivity index (χ1n) is 29.6. The van der Waals surface area contributed by atoms with E-state index in [4.69, 9.17) is 42.1 Å². The molecule has 0 aromatic carbocycles. The first-order valence-corrected chi connectivity index (χ1v) is 35.4. The van der Waals surface area contributed by atoms with Crippen molar-refractivity contribution in [2.45, 2.75) is 250 Å². The van der Waals surface area contributed by atoms with E-state index in [0.717, 1.165) is 18.4 Å². The van der Waals surface area contributed by atoms with Gasteiger partial charge >= 0.3 is 12.1 Å². The minimum absolute atomic E-state index is 0.00431. The van der Waals surface area contributed by atoms with Crippen LogP contribution in [0.5, 0.6) is 0 Å². The minimum atomic E-state index is -2.74. The highest BCUT2D eigenvalue weighted by Crippen LogP contribution is 2.44. The number of piperidine rings is 1. The van der Waals surface area contributed by atoms with Crippen LogP contribution in [-0.4, -0.2) is 162 Å². The highest BCUT2D eigenvalue weighted by molar-refractivity contribution is 6.74. The summed E-state index contributed by atoms with van der Waals surface area (Å²) in [5, 5.41) is 12.5. The smallest absolute Gasteiger partial charge is 0.456 e. The molecular weight excluding hydrogens is 1080 g/mol. The molecule has 5 rings (SSSR count). The Kier molecular flexibility index (Phi) is 23.6. The Morgan fingerprint density at radius 3 is 1.94 bits per heavy atom. The van der Waals surface area contributed by atoms with Crippen LogP contribution in [-0.2, 0) is 70.9 Å². The van der Waals surface area contributed by atoms with E-state index >= 15 is 9.59 Å². The van der Waals surface area contributed by atoms with Crippen molar-refractivity contribution in [3.8, 4) is 0 Å². The van der Waals surface area contributed by atoms with Gasteiger partial charge in [-0.1, -0.05) is 85.1 Å². The molecule has 0 radical (unpaired) electrons. The second-order valence-corrected chi connectivity index (χ2v) is 36.5. The average molecular weight is 1180 g/mol. The number of nitrogens with zero attached hydrogens (tertiary/aromatic N) is 2. The lowest BCUT2D eigenvalue weighted by molar-refractivity contribution is -0.302. The molecule has 14 atom stereocenters. The second kappa shape index (κ2) is 28.0. The van der Waals surface area contributed by atoms with Crippen molar-refractivity contribution in [1.29, 1.82) is 0 Å². The molecule has 0 spiro atoms. The molecule has 19 nitrogen and oxygen atoms in total. The van der Waals surface area contributed by atoms with E-state index in [2.05, 4.69) is 73.8 Å². The largest absolute Gasteiger partial charge is 0.533 e. The van der Waals surface area contributed by atoms with E-state index in [1.165, 1.54) is 19.1 Å². The Morgan fingerprint density at radius 1 is 0.778 bits per heavy atom. The van der Waals surface area contributed by atoms with E-state index in [-0.39, 0.29) is 91.6 Å². The predicted molar refractivity (Wildman–Crippen MR) is 308 cm³/mol. The fraction of sp³-hybridized carbons (Fsp3) is 0.817. The van der Waals surface area contributed by atoms with Crippen molar-refractivity contribution in [3.05, 3.63) is 23.3 Å². The number of hydrogen-bond acceptors (Lipinski definition) is 17. The number of ketones is 2. The molecule has 3 saturated heterocycles. The number of methoxy groups -OCH3 is 3. The van der Waals surface area contributed by atoms with Gasteiger partial charge in [-0.3, -0.25) is 28.8 Å². The summed E-state index contributed by atoms with van der Waals surface area (Å²) in [4.78, 5) is 104. The number of amides is 3. The third-order valence-electron chi connectivity index (χ3n) is 18.7. The van der Waals surface area contributed by atoms with Crippen LogP contribution in [0.3, 0.4) is 0 Å². The van der Waals surface area contributed by atoms with Gasteiger partial charge in [-0.05, 0) is 132 Å². The Morgan fingerprint density at radius 2 is 1.36 bits per heavy atom. The number of aliphatic hydroxyl groups is 1. The second-order valence-electron chi connectivity index (χ2n) is 27.0. The molecular formula is C60H100N2O17Si2. The Bertz CT molecular complexity index is 2290. The van der Waals surface area contributed by atoms with Gasteiger partial charge in [-0.15, -0.1) is 0 Å². The first-order chi connectivity index (χ1) is 37.6. The maximum atomic E-state index is 15.3. The summed E-state index contributed by atoms with van der Waals surface area (Å²) in [7, 11) is -0.177. The highest BCUT2D eigenvalue weighted by atomic mass is 28.4. The molecule has 21 heteroatoms. The fourth-order valence-corrected chi connectivity index (χ4v) is 14.5. The van der Waals surface area contributed by atoms with Gasteiger partial charge in [-0.2, -0.15) is 0 Å². The quantitative estimate of drug-likeness (QED) is 0.0595. The van der Waals surface area contributed by atoms with Gasteiger partial charge in [0, 0.05) is 64.9 Å². The van der Waals surface area contributed by atoms with Crippen molar-refractivity contribution in [1.82, 2.24) is 9.96 Å². The summed E-state index contributed by atoms with van der Waals surface area (Å²) >= 11 is 0. The van der Waals surface area contributed by atoms with Crippen LogP contribution in [0.1, 0.15) is 160 Å². The number of esters is 1. The van der Waals surface area contributed by atoms with E-state index in [1.807, 2.05) is 33.8 Å². The van der Waals surface area contributed by atoms with Gasteiger partial charge in [0.2, 0.25) is 5.79 Å². The third kappa shape index (κ3) is 16.8. The zero-order valence-electron chi connectivity index (χ0n) is 52.1. The Balaban J connectivity index is 1.64. The number of hydrogen-bond donors (Lipinski definition) is 1. The highest BCUT2D eigenvalue weighted by Gasteiger charge is 2.57. The molecule has 5 aliphatic rings. The number of allylic oxidation sites excluding steroid dienone is 3. The lowest BCUT2D eigenvalue weighted by Crippen LogP contribution is -2.64. The average Bonchev–Trinajstić information content (AvgIpc) is 3.91. The molecule has 1 saturated carbocycles. The van der Waals surface area contributed by atoms with Crippen LogP contribution in [0.25, 0.3) is 0 Å². The van der Waals surface area contributed by atoms with Crippen LogP contribution < -0.4 is 0 Å². The molecule has 1 aliphatic carbocycles. The van der Waals surface area contributed by atoms with E-state index < -0.39 is 112 Å². The van der Waals surface area contributed by atoms with Crippen LogP contribution in [0.15, 0.2) is 23.3 Å². The summed E-state index contributed by atoms with van der Waals surface area (Å²) in [6, 6.07) is -1.20. The molecule has 4 aliphatic heterocycles. The molecule has 1 unspecified atom stereocenters. The van der Waals surface area contributed by atoms with E-state index in [1.54, 1.807) is 14.0 Å². The number of Topliss-reactive ketones (excluding diaryl/α,β-unsaturated/α-hetero) is 2. The lowest BCUT2D eigenvalue weighted by atomic mass is 9.81. The number of imide groups is 1. The molecule has 460 valence electrons. The van der Waals surface area contributed by atoms with Crippen LogP contribution in [0.4, 0.5) is 4.79 Å². The molecule has 4 heterocycles. The summed E-state index contributed by atoms with van der Waals surface area (Å²) in [6.45, 7) is 30.7. The van der Waals surface area contributed by atoms with Crippen molar-refractivity contribution < 1.29 is 80.8 Å². The first kappa shape index (κ1) is 68.1. The van der Waals surface area contributed by atoms with Gasteiger partial charge < -0.3 is 47.3 Å². The normalized spacial score (nSPS) is 34.2. The number of ether oxygens (including phenoxy) is 6. The molecule has 2 bridgehead atoms. The maximum Gasteiger partial charge on any atom is 0.533 e. The molecule has 0 aromatic heterocycles. The van der Waals surface area contributed by atoms with Crippen molar-refractivity contribution >= 4 is 58.0 Å². The van der Waals surface area contributed by atoms with Crippen molar-refractivity contribution in [2.75, 3.05) is 34.5 Å². The van der Waals surface area contributed by atoms with Gasteiger partial charge in [0.25, 0.3) is 23.5 Å². The molecule has 1 N–H and O–H groups in total. The fourth-order valence-electron chi connectivity index (χ4n) is 11.7. The van der Waals surface area contributed by atoms with Crippen molar-refractivity contribution in [3.63, 3.8) is 0 Å². The summed E-state index contributed by atoms with van der Waals surface area (Å²) < 4.78 is 50.9. The summed E-state index contributed by atoms with van der Waals surface area (Å²) in [5.74, 6) is -9.68.